The molecule has 0 fully saturated rings. The van der Waals surface area contributed by atoms with E-state index in [0.29, 0.717) is 18.8 Å². The molecule has 15 heavy (non-hydrogen) atoms. The third-order valence-corrected chi connectivity index (χ3v) is 2.45. The third-order valence-electron chi connectivity index (χ3n) is 2.45. The fourth-order valence-corrected chi connectivity index (χ4v) is 1.75. The number of hydrogen-bond acceptors (Lipinski definition) is 4. The summed E-state index contributed by atoms with van der Waals surface area (Å²) in [5, 5.41) is 0. The zero-order chi connectivity index (χ0) is 10.7. The number of nitrogens with zero attached hydrogens (tertiary/aromatic N) is 1. The number of aldehydes is 1. The maximum absolute atomic E-state index is 10.6. The predicted octanol–water partition coefficient (Wildman–Crippen LogP) is 1.06. The molecule has 1 heterocycles. The van der Waals surface area contributed by atoms with E-state index < -0.39 is 0 Å². The van der Waals surface area contributed by atoms with E-state index >= 15 is 0 Å². The van der Waals surface area contributed by atoms with Crippen LogP contribution in [0.1, 0.15) is 6.42 Å². The summed E-state index contributed by atoms with van der Waals surface area (Å²) in [4.78, 5) is 12.6. The van der Waals surface area contributed by atoms with Crippen LogP contribution in [0.25, 0.3) is 0 Å². The summed E-state index contributed by atoms with van der Waals surface area (Å²) in [5.74, 6) is 0.773. The van der Waals surface area contributed by atoms with Crippen LogP contribution in [0.2, 0.25) is 0 Å². The van der Waals surface area contributed by atoms with Gasteiger partial charge in [0.15, 0.2) is 0 Å². The molecule has 1 aliphatic heterocycles. The first-order chi connectivity index (χ1) is 7.31. The van der Waals surface area contributed by atoms with Gasteiger partial charge in [0.05, 0.1) is 18.8 Å². The third kappa shape index (κ3) is 2.03. The maximum Gasteiger partial charge on any atom is 0.144 e. The van der Waals surface area contributed by atoms with Crippen LogP contribution in [0.3, 0.4) is 0 Å². The Kier molecular flexibility index (Phi) is 2.76. The Morgan fingerprint density at radius 1 is 1.53 bits per heavy atom. The molecule has 2 N–H and O–H groups in total. The van der Waals surface area contributed by atoms with Gasteiger partial charge in [0.1, 0.15) is 12.0 Å². The number of hydrogen-bond donors (Lipinski definition) is 1. The fourth-order valence-electron chi connectivity index (χ4n) is 1.75. The second-order valence-corrected chi connectivity index (χ2v) is 3.54. The van der Waals surface area contributed by atoms with E-state index in [-0.39, 0.29) is 0 Å². The van der Waals surface area contributed by atoms with Crippen molar-refractivity contribution in [2.75, 3.05) is 30.3 Å². The number of rotatable bonds is 2. The standard InChI is InChI=1S/C11H14N2O2/c12-9-2-3-10-11(8-9)15-7-1-4-13(10)5-6-14/h2-3,6,8H,1,4-5,7,12H2. The van der Waals surface area contributed by atoms with Crippen molar-refractivity contribution in [1.29, 1.82) is 0 Å². The number of carbonyl (C=O) groups excluding carboxylic acids is 1. The van der Waals surface area contributed by atoms with Crippen LogP contribution in [0.5, 0.6) is 5.75 Å². The van der Waals surface area contributed by atoms with Gasteiger partial charge in [0.25, 0.3) is 0 Å². The minimum Gasteiger partial charge on any atom is -0.491 e. The first-order valence-electron chi connectivity index (χ1n) is 5.02. The summed E-state index contributed by atoms with van der Waals surface area (Å²) in [5.41, 5.74) is 7.32. The van der Waals surface area contributed by atoms with Crippen molar-refractivity contribution in [3.8, 4) is 5.75 Å². The lowest BCUT2D eigenvalue weighted by molar-refractivity contribution is -0.106. The monoisotopic (exact) mass is 206 g/mol. The van der Waals surface area contributed by atoms with E-state index in [4.69, 9.17) is 10.5 Å². The van der Waals surface area contributed by atoms with Crippen molar-refractivity contribution in [1.82, 2.24) is 0 Å². The summed E-state index contributed by atoms with van der Waals surface area (Å²) in [6, 6.07) is 5.53. The van der Waals surface area contributed by atoms with Crippen LogP contribution < -0.4 is 15.4 Å². The zero-order valence-corrected chi connectivity index (χ0v) is 8.48. The van der Waals surface area contributed by atoms with E-state index in [1.165, 1.54) is 0 Å². The Morgan fingerprint density at radius 2 is 2.40 bits per heavy atom. The quantitative estimate of drug-likeness (QED) is 0.580. The largest absolute Gasteiger partial charge is 0.491 e. The Hall–Kier alpha value is -1.71. The molecule has 80 valence electrons. The number of nitrogens with two attached hydrogens (primary N) is 1. The highest BCUT2D eigenvalue weighted by atomic mass is 16.5. The van der Waals surface area contributed by atoms with Gasteiger partial charge in [0, 0.05) is 18.3 Å². The highest BCUT2D eigenvalue weighted by molar-refractivity contribution is 5.69. The number of carbonyl (C=O) groups is 1. The van der Waals surface area contributed by atoms with Crippen molar-refractivity contribution in [3.05, 3.63) is 18.2 Å². The lowest BCUT2D eigenvalue weighted by Crippen LogP contribution is -2.25. The molecule has 1 aliphatic rings. The molecular formula is C11H14N2O2. The topological polar surface area (TPSA) is 55.6 Å². The van der Waals surface area contributed by atoms with Crippen molar-refractivity contribution >= 4 is 17.7 Å². The van der Waals surface area contributed by atoms with E-state index in [0.717, 1.165) is 30.7 Å². The number of fused-ring (bicyclic) bond motifs is 1. The lowest BCUT2D eigenvalue weighted by Gasteiger charge is -2.20. The molecule has 4 nitrogen and oxygen atoms in total. The Balaban J connectivity index is 2.35. The van der Waals surface area contributed by atoms with Crippen LogP contribution >= 0.6 is 0 Å². The van der Waals surface area contributed by atoms with Crippen LogP contribution in [-0.2, 0) is 4.79 Å². The van der Waals surface area contributed by atoms with Gasteiger partial charge in [-0.1, -0.05) is 0 Å². The predicted molar refractivity (Wildman–Crippen MR) is 59.2 cm³/mol. The van der Waals surface area contributed by atoms with Gasteiger partial charge in [-0.05, 0) is 18.6 Å². The molecule has 0 aliphatic carbocycles. The van der Waals surface area contributed by atoms with Gasteiger partial charge in [-0.15, -0.1) is 0 Å². The van der Waals surface area contributed by atoms with E-state index in [1.807, 2.05) is 17.0 Å². The summed E-state index contributed by atoms with van der Waals surface area (Å²) in [7, 11) is 0. The minimum atomic E-state index is 0.403. The van der Waals surface area contributed by atoms with Gasteiger partial charge in [-0.3, -0.25) is 0 Å². The molecule has 0 saturated carbocycles. The van der Waals surface area contributed by atoms with Gasteiger partial charge < -0.3 is 20.2 Å². The first kappa shape index (κ1) is 9.83. The molecule has 1 aromatic carbocycles. The molecular weight excluding hydrogens is 192 g/mol. The van der Waals surface area contributed by atoms with Crippen LogP contribution in [-0.4, -0.2) is 26.0 Å². The second-order valence-electron chi connectivity index (χ2n) is 3.54. The average molecular weight is 206 g/mol. The number of nitrogen functional groups attached to an aromatic ring is 1. The maximum atomic E-state index is 10.6. The Labute approximate surface area is 88.6 Å². The number of benzene rings is 1. The molecule has 0 amide bonds. The number of ether oxygens (including phenoxy) is 1. The summed E-state index contributed by atoms with van der Waals surface area (Å²) < 4.78 is 5.57. The number of anilines is 2. The second kappa shape index (κ2) is 4.21. The highest BCUT2D eigenvalue weighted by Gasteiger charge is 2.15. The molecule has 0 radical (unpaired) electrons. The summed E-state index contributed by atoms with van der Waals surface area (Å²) in [6.07, 6.45) is 1.83. The molecule has 1 aromatic rings. The van der Waals surface area contributed by atoms with Gasteiger partial charge in [-0.2, -0.15) is 0 Å². The molecule has 4 heteroatoms. The van der Waals surface area contributed by atoms with Crippen LogP contribution in [0.15, 0.2) is 18.2 Å². The normalized spacial score (nSPS) is 15.1. The van der Waals surface area contributed by atoms with Gasteiger partial charge in [0.2, 0.25) is 0 Å². The van der Waals surface area contributed by atoms with Crippen molar-refractivity contribution < 1.29 is 9.53 Å². The summed E-state index contributed by atoms with van der Waals surface area (Å²) in [6.45, 7) is 1.92. The molecule has 0 unspecified atom stereocenters. The SMILES string of the molecule is Nc1ccc2c(c1)OCCCN2CC=O. The zero-order valence-electron chi connectivity index (χ0n) is 8.48. The first-order valence-corrected chi connectivity index (χ1v) is 5.02. The van der Waals surface area contributed by atoms with Gasteiger partial charge >= 0.3 is 0 Å². The van der Waals surface area contributed by atoms with E-state index in [1.54, 1.807) is 6.07 Å². The average Bonchev–Trinajstić information content (AvgIpc) is 2.41. The molecule has 2 rings (SSSR count). The minimum absolute atomic E-state index is 0.403. The fraction of sp³-hybridized carbons (Fsp3) is 0.364. The molecule has 0 saturated heterocycles. The Bertz CT molecular complexity index is 366. The van der Waals surface area contributed by atoms with E-state index in [9.17, 15) is 4.79 Å². The lowest BCUT2D eigenvalue weighted by atomic mass is 10.2. The molecule has 0 spiro atoms. The van der Waals surface area contributed by atoms with Gasteiger partial charge in [-0.25, -0.2) is 0 Å². The van der Waals surface area contributed by atoms with E-state index in [2.05, 4.69) is 0 Å². The van der Waals surface area contributed by atoms with Crippen LogP contribution in [0.4, 0.5) is 11.4 Å². The van der Waals surface area contributed by atoms with Crippen molar-refractivity contribution in [2.45, 2.75) is 6.42 Å². The molecule has 0 aromatic heterocycles. The summed E-state index contributed by atoms with van der Waals surface area (Å²) >= 11 is 0. The smallest absolute Gasteiger partial charge is 0.144 e. The highest BCUT2D eigenvalue weighted by Crippen LogP contribution is 2.32. The van der Waals surface area contributed by atoms with Crippen LogP contribution in [0, 0.1) is 0 Å². The molecule has 0 atom stereocenters. The molecule has 0 bridgehead atoms. The van der Waals surface area contributed by atoms with Crippen molar-refractivity contribution in [2.24, 2.45) is 0 Å². The van der Waals surface area contributed by atoms with Crippen molar-refractivity contribution in [3.63, 3.8) is 0 Å². The Morgan fingerprint density at radius 3 is 3.20 bits per heavy atom.